The summed E-state index contributed by atoms with van der Waals surface area (Å²) in [6.45, 7) is 4.09. The SMILES string of the molecule is COC(=O)C1=C(C)N(Cc2cccnc2)C(=O)/C1=C\c1cccc(C)c1. The molecule has 1 aromatic heterocycles. The monoisotopic (exact) mass is 348 g/mol. The van der Waals surface area contributed by atoms with Crippen molar-refractivity contribution in [3.63, 3.8) is 0 Å². The van der Waals surface area contributed by atoms with E-state index in [1.165, 1.54) is 7.11 Å². The van der Waals surface area contributed by atoms with Crippen molar-refractivity contribution in [1.29, 1.82) is 0 Å². The van der Waals surface area contributed by atoms with Gasteiger partial charge >= 0.3 is 5.97 Å². The molecule has 0 fully saturated rings. The zero-order chi connectivity index (χ0) is 18.7. The van der Waals surface area contributed by atoms with Crippen molar-refractivity contribution in [2.75, 3.05) is 7.11 Å². The summed E-state index contributed by atoms with van der Waals surface area (Å²) >= 11 is 0. The third-order valence-corrected chi connectivity index (χ3v) is 4.32. The van der Waals surface area contributed by atoms with E-state index in [9.17, 15) is 9.59 Å². The first kappa shape index (κ1) is 17.6. The Morgan fingerprint density at radius 3 is 2.69 bits per heavy atom. The molecule has 0 bridgehead atoms. The molecule has 0 spiro atoms. The number of aryl methyl sites for hydroxylation is 1. The molecule has 5 nitrogen and oxygen atoms in total. The van der Waals surface area contributed by atoms with Gasteiger partial charge in [-0.25, -0.2) is 4.79 Å². The van der Waals surface area contributed by atoms with Crippen molar-refractivity contribution < 1.29 is 14.3 Å². The number of allylic oxidation sites excluding steroid dienone is 1. The molecule has 2 heterocycles. The van der Waals surface area contributed by atoms with E-state index in [2.05, 4.69) is 4.98 Å². The number of nitrogens with zero attached hydrogens (tertiary/aromatic N) is 2. The van der Waals surface area contributed by atoms with E-state index in [0.29, 0.717) is 23.4 Å². The first-order valence-corrected chi connectivity index (χ1v) is 8.30. The second-order valence-electron chi connectivity index (χ2n) is 6.18. The maximum atomic E-state index is 13.0. The molecule has 0 unspecified atom stereocenters. The van der Waals surface area contributed by atoms with Gasteiger partial charge in [0.15, 0.2) is 0 Å². The Morgan fingerprint density at radius 2 is 2.04 bits per heavy atom. The summed E-state index contributed by atoms with van der Waals surface area (Å²) < 4.78 is 4.91. The van der Waals surface area contributed by atoms with Crippen LogP contribution in [0.1, 0.15) is 23.6 Å². The van der Waals surface area contributed by atoms with Crippen LogP contribution in [0.15, 0.2) is 65.6 Å². The Kier molecular flexibility index (Phi) is 4.98. The van der Waals surface area contributed by atoms with E-state index in [1.807, 2.05) is 43.3 Å². The molecule has 0 aliphatic carbocycles. The van der Waals surface area contributed by atoms with E-state index in [-0.39, 0.29) is 5.91 Å². The van der Waals surface area contributed by atoms with Crippen molar-refractivity contribution in [2.45, 2.75) is 20.4 Å². The van der Waals surface area contributed by atoms with Crippen molar-refractivity contribution in [3.05, 3.63) is 82.3 Å². The van der Waals surface area contributed by atoms with Gasteiger partial charge in [0.25, 0.3) is 5.91 Å². The molecule has 0 saturated heterocycles. The molecule has 0 radical (unpaired) electrons. The Balaban J connectivity index is 2.03. The number of hydrogen-bond acceptors (Lipinski definition) is 4. The second kappa shape index (κ2) is 7.35. The summed E-state index contributed by atoms with van der Waals surface area (Å²) in [5.74, 6) is -0.725. The van der Waals surface area contributed by atoms with E-state index < -0.39 is 5.97 Å². The maximum absolute atomic E-state index is 13.0. The summed E-state index contributed by atoms with van der Waals surface area (Å²) in [6.07, 6.45) is 5.13. The summed E-state index contributed by atoms with van der Waals surface area (Å²) in [4.78, 5) is 31.0. The minimum absolute atomic E-state index is 0.215. The molecule has 3 rings (SSSR count). The fourth-order valence-corrected chi connectivity index (χ4v) is 3.02. The largest absolute Gasteiger partial charge is 0.465 e. The van der Waals surface area contributed by atoms with Gasteiger partial charge in [-0.1, -0.05) is 35.9 Å². The number of methoxy groups -OCH3 is 1. The summed E-state index contributed by atoms with van der Waals surface area (Å²) in [6, 6.07) is 11.5. The first-order chi connectivity index (χ1) is 12.5. The first-order valence-electron chi connectivity index (χ1n) is 8.30. The molecule has 1 aromatic carbocycles. The number of hydrogen-bond donors (Lipinski definition) is 0. The second-order valence-corrected chi connectivity index (χ2v) is 6.18. The van der Waals surface area contributed by atoms with Crippen molar-refractivity contribution in [3.8, 4) is 0 Å². The zero-order valence-electron chi connectivity index (χ0n) is 15.0. The van der Waals surface area contributed by atoms with Gasteiger partial charge in [0.2, 0.25) is 0 Å². The molecule has 5 heteroatoms. The van der Waals surface area contributed by atoms with Crippen LogP contribution in [-0.2, 0) is 20.9 Å². The Bertz CT molecular complexity index is 914. The van der Waals surface area contributed by atoms with Gasteiger partial charge in [-0.15, -0.1) is 0 Å². The number of aromatic nitrogens is 1. The lowest BCUT2D eigenvalue weighted by atomic mass is 10.0. The van der Waals surface area contributed by atoms with Crippen LogP contribution in [0, 0.1) is 6.92 Å². The highest BCUT2D eigenvalue weighted by atomic mass is 16.5. The number of amides is 1. The van der Waals surface area contributed by atoms with Gasteiger partial charge in [-0.3, -0.25) is 9.78 Å². The fourth-order valence-electron chi connectivity index (χ4n) is 3.02. The zero-order valence-corrected chi connectivity index (χ0v) is 15.0. The summed E-state index contributed by atoms with van der Waals surface area (Å²) in [5.41, 5.74) is 4.08. The summed E-state index contributed by atoms with van der Waals surface area (Å²) in [5, 5.41) is 0. The number of rotatable bonds is 4. The number of ether oxygens (including phenoxy) is 1. The average molecular weight is 348 g/mol. The number of carbonyl (C=O) groups is 2. The van der Waals surface area contributed by atoms with Crippen LogP contribution in [0.5, 0.6) is 0 Å². The lowest BCUT2D eigenvalue weighted by molar-refractivity contribution is -0.136. The highest BCUT2D eigenvalue weighted by Gasteiger charge is 2.36. The van der Waals surface area contributed by atoms with E-state index >= 15 is 0 Å². The van der Waals surface area contributed by atoms with Crippen LogP contribution in [0.2, 0.25) is 0 Å². The third-order valence-electron chi connectivity index (χ3n) is 4.32. The summed E-state index contributed by atoms with van der Waals surface area (Å²) in [7, 11) is 1.32. The maximum Gasteiger partial charge on any atom is 0.340 e. The lowest BCUT2D eigenvalue weighted by Gasteiger charge is -2.17. The predicted molar refractivity (Wildman–Crippen MR) is 98.7 cm³/mol. The number of pyridine rings is 1. The highest BCUT2D eigenvalue weighted by Crippen LogP contribution is 2.32. The molecule has 1 aliphatic heterocycles. The van der Waals surface area contributed by atoms with Gasteiger partial charge in [-0.2, -0.15) is 0 Å². The number of benzene rings is 1. The minimum Gasteiger partial charge on any atom is -0.465 e. The van der Waals surface area contributed by atoms with Crippen LogP contribution < -0.4 is 0 Å². The number of carbonyl (C=O) groups excluding carboxylic acids is 2. The van der Waals surface area contributed by atoms with Crippen LogP contribution in [0.25, 0.3) is 6.08 Å². The molecule has 132 valence electrons. The normalized spacial score (nSPS) is 15.7. The van der Waals surface area contributed by atoms with Gasteiger partial charge in [0, 0.05) is 18.1 Å². The topological polar surface area (TPSA) is 59.5 Å². The molecule has 1 amide bonds. The van der Waals surface area contributed by atoms with Crippen molar-refractivity contribution in [1.82, 2.24) is 9.88 Å². The van der Waals surface area contributed by atoms with E-state index in [1.54, 1.807) is 30.3 Å². The van der Waals surface area contributed by atoms with Crippen LogP contribution >= 0.6 is 0 Å². The molecular formula is C21H20N2O3. The van der Waals surface area contributed by atoms with Crippen LogP contribution in [0.4, 0.5) is 0 Å². The Morgan fingerprint density at radius 1 is 1.23 bits per heavy atom. The standard InChI is InChI=1S/C21H20N2O3/c1-14-6-4-7-16(10-14)11-18-19(21(25)26-3)15(2)23(20(18)24)13-17-8-5-9-22-12-17/h4-12H,13H2,1-3H3/b18-11-. The predicted octanol–water partition coefficient (Wildman–Crippen LogP) is 3.26. The van der Waals surface area contributed by atoms with Gasteiger partial charge in [-0.05, 0) is 37.1 Å². The lowest BCUT2D eigenvalue weighted by Crippen LogP contribution is -2.24. The van der Waals surface area contributed by atoms with Crippen LogP contribution in [0.3, 0.4) is 0 Å². The van der Waals surface area contributed by atoms with Gasteiger partial charge in [0.1, 0.15) is 0 Å². The fraction of sp³-hybridized carbons (Fsp3) is 0.190. The molecule has 1 aliphatic rings. The molecule has 26 heavy (non-hydrogen) atoms. The van der Waals surface area contributed by atoms with E-state index in [4.69, 9.17) is 4.74 Å². The van der Waals surface area contributed by atoms with Gasteiger partial charge in [0.05, 0.1) is 24.8 Å². The van der Waals surface area contributed by atoms with Gasteiger partial charge < -0.3 is 9.64 Å². The molecule has 0 saturated carbocycles. The van der Waals surface area contributed by atoms with E-state index in [0.717, 1.165) is 16.7 Å². The number of esters is 1. The van der Waals surface area contributed by atoms with Crippen LogP contribution in [-0.4, -0.2) is 28.9 Å². The Labute approximate surface area is 152 Å². The molecule has 0 atom stereocenters. The Hall–Kier alpha value is -3.21. The third kappa shape index (κ3) is 3.42. The average Bonchev–Trinajstić information content (AvgIpc) is 2.86. The molecule has 0 N–H and O–H groups in total. The quantitative estimate of drug-likeness (QED) is 0.628. The molecular weight excluding hydrogens is 328 g/mol. The molecule has 2 aromatic rings. The van der Waals surface area contributed by atoms with Crippen molar-refractivity contribution >= 4 is 18.0 Å². The highest BCUT2D eigenvalue weighted by molar-refractivity contribution is 6.16. The minimum atomic E-state index is -0.511. The van der Waals surface area contributed by atoms with Crippen molar-refractivity contribution in [2.24, 2.45) is 0 Å². The smallest absolute Gasteiger partial charge is 0.340 e.